The second kappa shape index (κ2) is 8.60. The number of hydrogen-bond donors (Lipinski definition) is 1. The third-order valence-electron chi connectivity index (χ3n) is 4.83. The van der Waals surface area contributed by atoms with Crippen molar-refractivity contribution < 1.29 is 9.18 Å². The van der Waals surface area contributed by atoms with Crippen LogP contribution in [0.15, 0.2) is 52.3 Å². The second-order valence-electron chi connectivity index (χ2n) is 6.99. The lowest BCUT2D eigenvalue weighted by Crippen LogP contribution is -2.27. The second-order valence-corrected chi connectivity index (χ2v) is 8.66. The minimum atomic E-state index is -0.343. The summed E-state index contributed by atoms with van der Waals surface area (Å²) in [5, 5.41) is 3.12. The Morgan fingerprint density at radius 3 is 2.68 bits per heavy atom. The first kappa shape index (κ1) is 21.2. The van der Waals surface area contributed by atoms with Crippen LogP contribution < -0.4 is 10.9 Å². The quantitative estimate of drug-likeness (QED) is 0.465. The number of anilines is 1. The Morgan fingerprint density at radius 1 is 1.23 bits per heavy atom. The lowest BCUT2D eigenvalue weighted by Gasteiger charge is -2.14. The van der Waals surface area contributed by atoms with E-state index in [1.165, 1.54) is 21.4 Å². The summed E-state index contributed by atoms with van der Waals surface area (Å²) < 4.78 is 15.0. The van der Waals surface area contributed by atoms with Crippen molar-refractivity contribution in [2.45, 2.75) is 20.4 Å². The van der Waals surface area contributed by atoms with Crippen molar-refractivity contribution in [1.82, 2.24) is 14.3 Å². The Balaban J connectivity index is 1.74. The van der Waals surface area contributed by atoms with Crippen LogP contribution in [0.25, 0.3) is 11.7 Å². The van der Waals surface area contributed by atoms with Gasteiger partial charge in [-0.25, -0.2) is 9.37 Å². The molecule has 0 atom stereocenters. The highest BCUT2D eigenvalue weighted by Crippen LogP contribution is 2.34. The summed E-state index contributed by atoms with van der Waals surface area (Å²) in [7, 11) is 0. The van der Waals surface area contributed by atoms with E-state index in [0.29, 0.717) is 32.8 Å². The lowest BCUT2D eigenvalue weighted by atomic mass is 10.2. The van der Waals surface area contributed by atoms with Gasteiger partial charge in [0.25, 0.3) is 11.5 Å². The van der Waals surface area contributed by atoms with Gasteiger partial charge >= 0.3 is 0 Å². The predicted molar refractivity (Wildman–Crippen MR) is 125 cm³/mol. The van der Waals surface area contributed by atoms with Crippen LogP contribution in [-0.2, 0) is 11.3 Å². The number of aryl methyl sites for hydroxylation is 1. The Morgan fingerprint density at radius 2 is 1.97 bits per heavy atom. The third-order valence-corrected chi connectivity index (χ3v) is 6.21. The number of halogens is 1. The van der Waals surface area contributed by atoms with Gasteiger partial charge in [0.05, 0.1) is 17.0 Å². The maximum absolute atomic E-state index is 13.2. The number of pyridine rings is 1. The van der Waals surface area contributed by atoms with Crippen LogP contribution in [0.1, 0.15) is 23.6 Å². The van der Waals surface area contributed by atoms with Crippen LogP contribution in [0.4, 0.5) is 10.2 Å². The van der Waals surface area contributed by atoms with E-state index >= 15 is 0 Å². The molecule has 1 saturated heterocycles. The van der Waals surface area contributed by atoms with Crippen molar-refractivity contribution in [3.8, 4) is 0 Å². The first-order valence-electron chi connectivity index (χ1n) is 9.64. The van der Waals surface area contributed by atoms with Crippen molar-refractivity contribution in [3.63, 3.8) is 0 Å². The molecule has 3 aromatic rings. The Bertz CT molecular complexity index is 1290. The number of hydrogen-bond acceptors (Lipinski definition) is 6. The highest BCUT2D eigenvalue weighted by Gasteiger charge is 2.32. The van der Waals surface area contributed by atoms with E-state index < -0.39 is 0 Å². The smallest absolute Gasteiger partial charge is 0.267 e. The molecule has 1 amide bonds. The molecule has 158 valence electrons. The number of carbonyl (C=O) groups is 1. The minimum Gasteiger partial charge on any atom is -0.370 e. The molecule has 1 N–H and O–H groups in total. The van der Waals surface area contributed by atoms with E-state index in [1.54, 1.807) is 30.5 Å². The summed E-state index contributed by atoms with van der Waals surface area (Å²) in [6.07, 6.45) is 3.20. The number of amides is 1. The molecule has 1 fully saturated rings. The van der Waals surface area contributed by atoms with Crippen LogP contribution >= 0.6 is 24.0 Å². The number of rotatable bonds is 5. The summed E-state index contributed by atoms with van der Waals surface area (Å²) in [6.45, 7) is 4.60. The average molecular weight is 455 g/mol. The van der Waals surface area contributed by atoms with Gasteiger partial charge in [-0.2, -0.15) is 0 Å². The van der Waals surface area contributed by atoms with Gasteiger partial charge in [-0.3, -0.25) is 18.9 Å². The van der Waals surface area contributed by atoms with E-state index in [1.807, 2.05) is 19.9 Å². The van der Waals surface area contributed by atoms with Gasteiger partial charge in [0.2, 0.25) is 0 Å². The monoisotopic (exact) mass is 454 g/mol. The molecule has 1 aliphatic rings. The standard InChI is InChI=1S/C22H19FN4O2S2/c1-3-24-18-16(20(28)26-10-4-5-13(2)19(26)25-18)11-17-21(29)27(22(30)31-17)12-14-6-8-15(23)9-7-14/h4-11,24H,3,12H2,1-2H3/b17-11+. The molecule has 31 heavy (non-hydrogen) atoms. The largest absolute Gasteiger partial charge is 0.370 e. The molecule has 6 nitrogen and oxygen atoms in total. The molecular weight excluding hydrogens is 435 g/mol. The van der Waals surface area contributed by atoms with E-state index in [9.17, 15) is 14.0 Å². The molecule has 0 saturated carbocycles. The average Bonchev–Trinajstić information content (AvgIpc) is 3.00. The Kier molecular flexibility index (Phi) is 5.88. The number of aromatic nitrogens is 2. The number of benzene rings is 1. The summed E-state index contributed by atoms with van der Waals surface area (Å²) in [6, 6.07) is 9.58. The molecular formula is C22H19FN4O2S2. The van der Waals surface area contributed by atoms with Gasteiger partial charge in [0, 0.05) is 12.7 Å². The van der Waals surface area contributed by atoms with Crippen LogP contribution in [0, 0.1) is 12.7 Å². The third kappa shape index (κ3) is 4.11. The van der Waals surface area contributed by atoms with E-state index in [-0.39, 0.29) is 23.8 Å². The summed E-state index contributed by atoms with van der Waals surface area (Å²) in [5.74, 6) is -0.217. The van der Waals surface area contributed by atoms with E-state index in [4.69, 9.17) is 12.2 Å². The summed E-state index contributed by atoms with van der Waals surface area (Å²) >= 11 is 6.52. The van der Waals surface area contributed by atoms with Gasteiger partial charge in [0.15, 0.2) is 0 Å². The van der Waals surface area contributed by atoms with Crippen molar-refractivity contribution in [3.05, 3.63) is 80.4 Å². The highest BCUT2D eigenvalue weighted by molar-refractivity contribution is 8.26. The maximum atomic E-state index is 13.2. The molecule has 0 spiro atoms. The molecule has 9 heteroatoms. The molecule has 0 bridgehead atoms. The van der Waals surface area contributed by atoms with E-state index in [0.717, 1.165) is 22.9 Å². The lowest BCUT2D eigenvalue weighted by molar-refractivity contribution is -0.122. The zero-order chi connectivity index (χ0) is 22.1. The zero-order valence-corrected chi connectivity index (χ0v) is 18.5. The fraction of sp³-hybridized carbons (Fsp3) is 0.182. The number of nitrogens with one attached hydrogen (secondary N) is 1. The summed E-state index contributed by atoms with van der Waals surface area (Å²) in [5.41, 5.74) is 2.22. The van der Waals surface area contributed by atoms with Crippen molar-refractivity contribution >= 4 is 51.7 Å². The first-order valence-corrected chi connectivity index (χ1v) is 10.9. The van der Waals surface area contributed by atoms with Gasteiger partial charge in [0.1, 0.15) is 21.6 Å². The first-order chi connectivity index (χ1) is 14.9. The topological polar surface area (TPSA) is 66.7 Å². The van der Waals surface area contributed by atoms with Crippen molar-refractivity contribution in [2.75, 3.05) is 11.9 Å². The Hall–Kier alpha value is -3.04. The molecule has 1 aliphatic heterocycles. The normalized spacial score (nSPS) is 15.3. The SMILES string of the molecule is CCNc1nc2c(C)cccn2c(=O)c1/C=C1/SC(=S)N(Cc2ccc(F)cc2)C1=O. The van der Waals surface area contributed by atoms with Crippen molar-refractivity contribution in [2.24, 2.45) is 0 Å². The zero-order valence-electron chi connectivity index (χ0n) is 16.9. The van der Waals surface area contributed by atoms with Gasteiger partial charge in [-0.05, 0) is 49.2 Å². The van der Waals surface area contributed by atoms with Gasteiger partial charge in [-0.15, -0.1) is 0 Å². The van der Waals surface area contributed by atoms with Gasteiger partial charge in [-0.1, -0.05) is 42.2 Å². The number of fused-ring (bicyclic) bond motifs is 1. The Labute approximate surface area is 187 Å². The number of carbonyl (C=O) groups excluding carboxylic acids is 1. The fourth-order valence-electron chi connectivity index (χ4n) is 3.28. The predicted octanol–water partition coefficient (Wildman–Crippen LogP) is 3.98. The summed E-state index contributed by atoms with van der Waals surface area (Å²) in [4.78, 5) is 32.6. The van der Waals surface area contributed by atoms with Crippen LogP contribution in [0.5, 0.6) is 0 Å². The van der Waals surface area contributed by atoms with Crippen molar-refractivity contribution in [1.29, 1.82) is 0 Å². The van der Waals surface area contributed by atoms with E-state index in [2.05, 4.69) is 10.3 Å². The fourth-order valence-corrected chi connectivity index (χ4v) is 4.52. The van der Waals surface area contributed by atoms with Crippen LogP contribution in [0.2, 0.25) is 0 Å². The van der Waals surface area contributed by atoms with Crippen LogP contribution in [0.3, 0.4) is 0 Å². The molecule has 1 aromatic carbocycles. The number of thioether (sulfide) groups is 1. The number of nitrogens with zero attached hydrogens (tertiary/aromatic N) is 3. The maximum Gasteiger partial charge on any atom is 0.267 e. The molecule has 4 rings (SSSR count). The minimum absolute atomic E-state index is 0.233. The van der Waals surface area contributed by atoms with Crippen LogP contribution in [-0.4, -0.2) is 31.1 Å². The van der Waals surface area contributed by atoms with Gasteiger partial charge < -0.3 is 5.32 Å². The molecule has 3 heterocycles. The molecule has 0 radical (unpaired) electrons. The highest BCUT2D eigenvalue weighted by atomic mass is 32.2. The number of thiocarbonyl (C=S) groups is 1. The molecule has 0 unspecified atom stereocenters. The molecule has 2 aromatic heterocycles. The molecule has 0 aliphatic carbocycles.